The third-order valence-electron chi connectivity index (χ3n) is 3.29. The van der Waals surface area contributed by atoms with Crippen molar-refractivity contribution in [2.75, 3.05) is 0 Å². The standard InChI is InChI=1S/C16H17FN2O3/c1-11(16(22)12-5-7-13(17)8-6-12)18-14(20)10-19-9-3-2-4-15(19)21/h2-9,11,16,22H,10H2,1H3,(H,18,20). The van der Waals surface area contributed by atoms with Crippen molar-refractivity contribution in [1.29, 1.82) is 0 Å². The first-order valence-electron chi connectivity index (χ1n) is 6.86. The fourth-order valence-electron chi connectivity index (χ4n) is 2.07. The Morgan fingerprint density at radius 2 is 1.95 bits per heavy atom. The molecule has 0 spiro atoms. The summed E-state index contributed by atoms with van der Waals surface area (Å²) in [7, 11) is 0. The van der Waals surface area contributed by atoms with Gasteiger partial charge < -0.3 is 15.0 Å². The van der Waals surface area contributed by atoms with Gasteiger partial charge in [0.25, 0.3) is 5.56 Å². The molecule has 1 aromatic heterocycles. The molecule has 1 amide bonds. The predicted molar refractivity (Wildman–Crippen MR) is 79.7 cm³/mol. The van der Waals surface area contributed by atoms with Crippen molar-refractivity contribution in [3.05, 3.63) is 70.4 Å². The van der Waals surface area contributed by atoms with E-state index in [4.69, 9.17) is 0 Å². The highest BCUT2D eigenvalue weighted by atomic mass is 19.1. The Labute approximate surface area is 127 Å². The van der Waals surface area contributed by atoms with Crippen molar-refractivity contribution in [3.8, 4) is 0 Å². The van der Waals surface area contributed by atoms with Gasteiger partial charge in [-0.25, -0.2) is 4.39 Å². The van der Waals surface area contributed by atoms with Gasteiger partial charge in [-0.15, -0.1) is 0 Å². The number of amides is 1. The summed E-state index contributed by atoms with van der Waals surface area (Å²) in [6.07, 6.45) is 0.556. The van der Waals surface area contributed by atoms with Gasteiger partial charge in [-0.05, 0) is 30.7 Å². The van der Waals surface area contributed by atoms with Crippen molar-refractivity contribution >= 4 is 5.91 Å². The minimum Gasteiger partial charge on any atom is -0.386 e. The predicted octanol–water partition coefficient (Wildman–Crippen LogP) is 1.23. The van der Waals surface area contributed by atoms with Crippen molar-refractivity contribution in [1.82, 2.24) is 9.88 Å². The molecule has 1 heterocycles. The van der Waals surface area contributed by atoms with Crippen LogP contribution in [0, 0.1) is 5.82 Å². The monoisotopic (exact) mass is 304 g/mol. The topological polar surface area (TPSA) is 71.3 Å². The molecule has 6 heteroatoms. The van der Waals surface area contributed by atoms with E-state index in [1.54, 1.807) is 19.1 Å². The molecule has 0 bridgehead atoms. The molecule has 0 radical (unpaired) electrons. The maximum Gasteiger partial charge on any atom is 0.250 e. The van der Waals surface area contributed by atoms with Gasteiger partial charge in [0, 0.05) is 12.3 Å². The molecule has 2 unspecified atom stereocenters. The van der Waals surface area contributed by atoms with E-state index in [9.17, 15) is 19.1 Å². The number of rotatable bonds is 5. The lowest BCUT2D eigenvalue weighted by atomic mass is 10.0. The van der Waals surface area contributed by atoms with Crippen LogP contribution in [0.4, 0.5) is 4.39 Å². The minimum absolute atomic E-state index is 0.125. The largest absolute Gasteiger partial charge is 0.386 e. The normalized spacial score (nSPS) is 13.4. The number of carbonyl (C=O) groups is 1. The quantitative estimate of drug-likeness (QED) is 0.872. The van der Waals surface area contributed by atoms with Crippen LogP contribution in [0.5, 0.6) is 0 Å². The highest BCUT2D eigenvalue weighted by Gasteiger charge is 2.18. The smallest absolute Gasteiger partial charge is 0.250 e. The van der Waals surface area contributed by atoms with Crippen LogP contribution >= 0.6 is 0 Å². The number of aliphatic hydroxyl groups is 1. The van der Waals surface area contributed by atoms with Gasteiger partial charge in [-0.3, -0.25) is 9.59 Å². The van der Waals surface area contributed by atoms with Gasteiger partial charge in [0.1, 0.15) is 12.4 Å². The number of nitrogens with zero attached hydrogens (tertiary/aromatic N) is 1. The molecule has 0 aliphatic heterocycles. The lowest BCUT2D eigenvalue weighted by molar-refractivity contribution is -0.123. The molecule has 0 saturated heterocycles. The van der Waals surface area contributed by atoms with Crippen LogP contribution in [-0.2, 0) is 11.3 Å². The fourth-order valence-corrected chi connectivity index (χ4v) is 2.07. The molecule has 0 saturated carbocycles. The van der Waals surface area contributed by atoms with Crippen LogP contribution in [0.25, 0.3) is 0 Å². The van der Waals surface area contributed by atoms with E-state index in [-0.39, 0.29) is 18.0 Å². The number of hydrogen-bond acceptors (Lipinski definition) is 3. The van der Waals surface area contributed by atoms with E-state index in [1.807, 2.05) is 0 Å². The molecule has 0 aliphatic carbocycles. The molecule has 0 fully saturated rings. The summed E-state index contributed by atoms with van der Waals surface area (Å²) < 4.78 is 14.1. The molecular weight excluding hydrogens is 287 g/mol. The van der Waals surface area contributed by atoms with Crippen molar-refractivity contribution in [3.63, 3.8) is 0 Å². The van der Waals surface area contributed by atoms with Crippen LogP contribution < -0.4 is 10.9 Å². The highest BCUT2D eigenvalue weighted by molar-refractivity contribution is 5.76. The maximum atomic E-state index is 12.9. The highest BCUT2D eigenvalue weighted by Crippen LogP contribution is 2.17. The molecule has 2 N–H and O–H groups in total. The Kier molecular flexibility index (Phi) is 5.06. The summed E-state index contributed by atoms with van der Waals surface area (Å²) in [4.78, 5) is 23.4. The summed E-state index contributed by atoms with van der Waals surface area (Å²) in [5.41, 5.74) is 0.232. The zero-order valence-electron chi connectivity index (χ0n) is 12.1. The SMILES string of the molecule is CC(NC(=O)Cn1ccccc1=O)C(O)c1ccc(F)cc1. The molecule has 2 rings (SSSR count). The lowest BCUT2D eigenvalue weighted by Crippen LogP contribution is -2.40. The Hall–Kier alpha value is -2.47. The Morgan fingerprint density at radius 3 is 2.59 bits per heavy atom. The van der Waals surface area contributed by atoms with Gasteiger partial charge in [-0.1, -0.05) is 18.2 Å². The third kappa shape index (κ3) is 4.02. The van der Waals surface area contributed by atoms with Gasteiger partial charge in [0.2, 0.25) is 5.91 Å². The van der Waals surface area contributed by atoms with Gasteiger partial charge in [0.15, 0.2) is 0 Å². The second-order valence-corrected chi connectivity index (χ2v) is 5.02. The number of nitrogens with one attached hydrogen (secondary N) is 1. The average molecular weight is 304 g/mol. The number of halogens is 1. The Morgan fingerprint density at radius 1 is 1.27 bits per heavy atom. The van der Waals surface area contributed by atoms with Gasteiger partial charge in [-0.2, -0.15) is 0 Å². The van der Waals surface area contributed by atoms with E-state index in [0.717, 1.165) is 0 Å². The van der Waals surface area contributed by atoms with Crippen LogP contribution in [-0.4, -0.2) is 21.6 Å². The lowest BCUT2D eigenvalue weighted by Gasteiger charge is -2.21. The molecule has 2 aromatic rings. The third-order valence-corrected chi connectivity index (χ3v) is 3.29. The van der Waals surface area contributed by atoms with E-state index in [0.29, 0.717) is 5.56 Å². The summed E-state index contributed by atoms with van der Waals surface area (Å²) >= 11 is 0. The van der Waals surface area contributed by atoms with Crippen molar-refractivity contribution < 1.29 is 14.3 Å². The van der Waals surface area contributed by atoms with Crippen molar-refractivity contribution in [2.24, 2.45) is 0 Å². The first kappa shape index (κ1) is 15.9. The van der Waals surface area contributed by atoms with Crippen LogP contribution in [0.3, 0.4) is 0 Å². The van der Waals surface area contributed by atoms with E-state index < -0.39 is 18.0 Å². The summed E-state index contributed by atoms with van der Waals surface area (Å²) in [5, 5.41) is 12.8. The summed E-state index contributed by atoms with van der Waals surface area (Å²) in [6, 6.07) is 9.46. The first-order valence-corrected chi connectivity index (χ1v) is 6.86. The van der Waals surface area contributed by atoms with E-state index in [2.05, 4.69) is 5.32 Å². The zero-order chi connectivity index (χ0) is 16.1. The van der Waals surface area contributed by atoms with Gasteiger partial charge in [0.05, 0.1) is 12.1 Å². The number of pyridine rings is 1. The van der Waals surface area contributed by atoms with E-state index in [1.165, 1.54) is 41.1 Å². The second-order valence-electron chi connectivity index (χ2n) is 5.02. The van der Waals surface area contributed by atoms with Crippen LogP contribution in [0.1, 0.15) is 18.6 Å². The zero-order valence-corrected chi connectivity index (χ0v) is 12.1. The fraction of sp³-hybridized carbons (Fsp3) is 0.250. The molecular formula is C16H17FN2O3. The summed E-state index contributed by atoms with van der Waals surface area (Å²) in [5.74, 6) is -0.780. The number of carbonyl (C=O) groups excluding carboxylic acids is 1. The molecule has 22 heavy (non-hydrogen) atoms. The first-order chi connectivity index (χ1) is 10.5. The maximum absolute atomic E-state index is 12.9. The molecule has 1 aromatic carbocycles. The number of aromatic nitrogens is 1. The van der Waals surface area contributed by atoms with Crippen LogP contribution in [0.15, 0.2) is 53.5 Å². The molecule has 0 aliphatic rings. The molecule has 116 valence electrons. The number of aliphatic hydroxyl groups excluding tert-OH is 1. The Bertz CT molecular complexity index is 697. The van der Waals surface area contributed by atoms with E-state index >= 15 is 0 Å². The Balaban J connectivity index is 1.97. The van der Waals surface area contributed by atoms with Crippen molar-refractivity contribution in [2.45, 2.75) is 25.6 Å². The molecule has 5 nitrogen and oxygen atoms in total. The van der Waals surface area contributed by atoms with Gasteiger partial charge >= 0.3 is 0 Å². The molecule has 2 atom stereocenters. The average Bonchev–Trinajstić information content (AvgIpc) is 2.49. The number of benzene rings is 1. The summed E-state index contributed by atoms with van der Waals surface area (Å²) in [6.45, 7) is 1.51. The second kappa shape index (κ2) is 7.00. The van der Waals surface area contributed by atoms with Crippen LogP contribution in [0.2, 0.25) is 0 Å². The number of hydrogen-bond donors (Lipinski definition) is 2. The minimum atomic E-state index is -0.961.